The summed E-state index contributed by atoms with van der Waals surface area (Å²) in [4.78, 5) is 2.47. The van der Waals surface area contributed by atoms with Gasteiger partial charge in [-0.2, -0.15) is 0 Å². The maximum atomic E-state index is 3.55. The van der Waals surface area contributed by atoms with Crippen molar-refractivity contribution >= 4 is 0 Å². The van der Waals surface area contributed by atoms with Gasteiger partial charge in [-0.1, -0.05) is 65.2 Å². The van der Waals surface area contributed by atoms with Crippen LogP contribution in [0.3, 0.4) is 0 Å². The van der Waals surface area contributed by atoms with Gasteiger partial charge < -0.3 is 15.5 Å². The molecule has 0 radical (unpaired) electrons. The highest BCUT2D eigenvalue weighted by Gasteiger charge is 2.25. The Bertz CT molecular complexity index is 227. The van der Waals surface area contributed by atoms with Crippen molar-refractivity contribution in [2.24, 2.45) is 0 Å². The number of unbranched alkanes of at least 4 members (excludes halogenated alkanes) is 7. The van der Waals surface area contributed by atoms with Gasteiger partial charge in [0.05, 0.1) is 5.66 Å². The van der Waals surface area contributed by atoms with Crippen molar-refractivity contribution in [2.45, 2.75) is 90.1 Å². The Morgan fingerprint density at radius 1 is 0.682 bits per heavy atom. The molecule has 22 heavy (non-hydrogen) atoms. The lowest BCUT2D eigenvalue weighted by Gasteiger charge is -2.35. The summed E-state index contributed by atoms with van der Waals surface area (Å²) < 4.78 is 0. The fraction of sp³-hybridized carbons (Fsp3) is 1.00. The molecule has 0 aliphatic carbocycles. The highest BCUT2D eigenvalue weighted by Crippen LogP contribution is 2.18. The molecule has 0 spiro atoms. The first kappa shape index (κ1) is 21.9. The van der Waals surface area contributed by atoms with Crippen LogP contribution in [-0.4, -0.2) is 44.8 Å². The molecule has 0 heterocycles. The van der Waals surface area contributed by atoms with E-state index in [0.717, 1.165) is 6.54 Å². The highest BCUT2D eigenvalue weighted by molar-refractivity contribution is 4.83. The topological polar surface area (TPSA) is 27.3 Å². The third-order valence-corrected chi connectivity index (χ3v) is 4.98. The lowest BCUT2D eigenvalue weighted by atomic mass is 9.96. The largest absolute Gasteiger partial charge is 0.306 e. The van der Waals surface area contributed by atoms with E-state index >= 15 is 0 Å². The summed E-state index contributed by atoms with van der Waals surface area (Å²) in [6, 6.07) is 0. The van der Waals surface area contributed by atoms with Crippen LogP contribution in [0.15, 0.2) is 0 Å². The Balaban J connectivity index is 3.94. The molecular formula is C19H43N3. The van der Waals surface area contributed by atoms with Gasteiger partial charge in [-0.3, -0.25) is 0 Å². The molecule has 0 aromatic rings. The molecule has 134 valence electrons. The predicted molar refractivity (Wildman–Crippen MR) is 100 cm³/mol. The first-order chi connectivity index (χ1) is 10.6. The van der Waals surface area contributed by atoms with Gasteiger partial charge in [0.1, 0.15) is 0 Å². The molecule has 0 saturated heterocycles. The molecule has 0 aliphatic heterocycles. The van der Waals surface area contributed by atoms with E-state index in [-0.39, 0.29) is 5.66 Å². The monoisotopic (exact) mass is 313 g/mol. The summed E-state index contributed by atoms with van der Waals surface area (Å²) in [7, 11) is 6.45. The molecule has 0 fully saturated rings. The van der Waals surface area contributed by atoms with Gasteiger partial charge in [0, 0.05) is 6.54 Å². The zero-order valence-corrected chi connectivity index (χ0v) is 16.1. The smallest absolute Gasteiger partial charge is 0.0694 e. The number of nitrogens with one attached hydrogen (secondary N) is 2. The van der Waals surface area contributed by atoms with E-state index < -0.39 is 0 Å². The Labute approximate surface area is 140 Å². The van der Waals surface area contributed by atoms with Crippen LogP contribution in [0.1, 0.15) is 84.5 Å². The second-order valence-electron chi connectivity index (χ2n) is 6.86. The van der Waals surface area contributed by atoms with Crippen LogP contribution in [0.2, 0.25) is 0 Å². The minimum Gasteiger partial charge on any atom is -0.306 e. The fourth-order valence-corrected chi connectivity index (χ4v) is 3.06. The molecule has 0 aromatic heterocycles. The van der Waals surface area contributed by atoms with Gasteiger partial charge in [-0.15, -0.1) is 0 Å². The maximum Gasteiger partial charge on any atom is 0.0694 e. The minimum absolute atomic E-state index is 0.115. The van der Waals surface area contributed by atoms with Crippen molar-refractivity contribution in [2.75, 3.05) is 34.2 Å². The molecule has 0 aliphatic rings. The molecule has 0 unspecified atom stereocenters. The quantitative estimate of drug-likeness (QED) is 0.327. The molecule has 3 heteroatoms. The molecule has 0 rings (SSSR count). The number of rotatable bonds is 16. The lowest BCUT2D eigenvalue weighted by Crippen LogP contribution is -2.55. The van der Waals surface area contributed by atoms with Crippen molar-refractivity contribution in [3.63, 3.8) is 0 Å². The summed E-state index contributed by atoms with van der Waals surface area (Å²) in [5, 5.41) is 7.10. The first-order valence-corrected chi connectivity index (χ1v) is 9.70. The Morgan fingerprint density at radius 3 is 1.77 bits per heavy atom. The van der Waals surface area contributed by atoms with Crippen LogP contribution in [0, 0.1) is 0 Å². The minimum atomic E-state index is 0.115. The third kappa shape index (κ3) is 10.6. The van der Waals surface area contributed by atoms with E-state index in [1.807, 2.05) is 0 Å². The maximum absolute atomic E-state index is 3.55. The summed E-state index contributed by atoms with van der Waals surface area (Å²) >= 11 is 0. The normalized spacial score (nSPS) is 12.3. The number of nitrogens with zero attached hydrogens (tertiary/aromatic N) is 1. The molecule has 0 amide bonds. The van der Waals surface area contributed by atoms with Crippen LogP contribution >= 0.6 is 0 Å². The predicted octanol–water partition coefficient (Wildman–Crippen LogP) is 4.38. The van der Waals surface area contributed by atoms with E-state index in [0.29, 0.717) is 0 Å². The van der Waals surface area contributed by atoms with Gasteiger partial charge in [-0.25, -0.2) is 0 Å². The van der Waals surface area contributed by atoms with Gasteiger partial charge in [0.15, 0.2) is 0 Å². The average Bonchev–Trinajstić information content (AvgIpc) is 2.55. The zero-order chi connectivity index (χ0) is 16.7. The summed E-state index contributed by atoms with van der Waals surface area (Å²) in [6.45, 7) is 6.93. The molecule has 2 N–H and O–H groups in total. The van der Waals surface area contributed by atoms with Crippen LogP contribution < -0.4 is 10.6 Å². The third-order valence-electron chi connectivity index (χ3n) is 4.98. The lowest BCUT2D eigenvalue weighted by molar-refractivity contribution is 0.203. The average molecular weight is 314 g/mol. The molecular weight excluding hydrogens is 270 g/mol. The van der Waals surface area contributed by atoms with Crippen molar-refractivity contribution in [1.29, 1.82) is 0 Å². The molecule has 0 aromatic carbocycles. The Hall–Kier alpha value is -0.120. The fourth-order valence-electron chi connectivity index (χ4n) is 3.06. The highest BCUT2D eigenvalue weighted by atomic mass is 15.2. The number of hydrogen-bond donors (Lipinski definition) is 2. The van der Waals surface area contributed by atoms with E-state index in [1.54, 1.807) is 0 Å². The molecule has 0 saturated carbocycles. The summed E-state index contributed by atoms with van der Waals surface area (Å²) in [5.41, 5.74) is 0.115. The zero-order valence-electron chi connectivity index (χ0n) is 16.1. The van der Waals surface area contributed by atoms with Gasteiger partial charge in [-0.05, 0) is 47.0 Å². The van der Waals surface area contributed by atoms with E-state index in [2.05, 4.69) is 50.5 Å². The Morgan fingerprint density at radius 2 is 1.23 bits per heavy atom. The van der Waals surface area contributed by atoms with Crippen molar-refractivity contribution in [3.05, 3.63) is 0 Å². The van der Waals surface area contributed by atoms with Gasteiger partial charge >= 0.3 is 0 Å². The van der Waals surface area contributed by atoms with Crippen LogP contribution in [0.5, 0.6) is 0 Å². The standard InChI is InChI=1S/C19H43N3/c1-6-8-10-11-12-13-14-15-19(20-3,21-4)16-18-22(5)17-9-7-2/h20-21H,6-18H2,1-5H3. The molecule has 0 bridgehead atoms. The number of hydrogen-bond acceptors (Lipinski definition) is 3. The van der Waals surface area contributed by atoms with E-state index in [9.17, 15) is 0 Å². The van der Waals surface area contributed by atoms with Gasteiger partial charge in [0.2, 0.25) is 0 Å². The first-order valence-electron chi connectivity index (χ1n) is 9.70. The molecule has 0 atom stereocenters. The van der Waals surface area contributed by atoms with E-state index in [4.69, 9.17) is 0 Å². The van der Waals surface area contributed by atoms with Crippen LogP contribution in [-0.2, 0) is 0 Å². The van der Waals surface area contributed by atoms with Crippen molar-refractivity contribution in [3.8, 4) is 0 Å². The SMILES string of the molecule is CCCCCCCCCC(CCN(C)CCCC)(NC)NC. The van der Waals surface area contributed by atoms with E-state index in [1.165, 1.54) is 77.2 Å². The summed E-state index contributed by atoms with van der Waals surface area (Å²) in [5.74, 6) is 0. The van der Waals surface area contributed by atoms with Crippen LogP contribution in [0.4, 0.5) is 0 Å². The molecule has 3 nitrogen and oxygen atoms in total. The van der Waals surface area contributed by atoms with Crippen molar-refractivity contribution < 1.29 is 0 Å². The van der Waals surface area contributed by atoms with Gasteiger partial charge in [0.25, 0.3) is 0 Å². The second-order valence-corrected chi connectivity index (χ2v) is 6.86. The van der Waals surface area contributed by atoms with Crippen molar-refractivity contribution in [1.82, 2.24) is 15.5 Å². The second kappa shape index (κ2) is 14.5. The van der Waals surface area contributed by atoms with Crippen LogP contribution in [0.25, 0.3) is 0 Å². The Kier molecular flexibility index (Phi) is 14.4. The summed E-state index contributed by atoms with van der Waals surface area (Å²) in [6.07, 6.45) is 14.7.